The van der Waals surface area contributed by atoms with Gasteiger partial charge in [0.2, 0.25) is 4.77 Å². The van der Waals surface area contributed by atoms with Crippen molar-refractivity contribution in [2.45, 2.75) is 0 Å². The average Bonchev–Trinajstić information content (AvgIpc) is 2.95. The Morgan fingerprint density at radius 1 is 1.30 bits per heavy atom. The fraction of sp³-hybridized carbons (Fsp3) is 0.0667. The molecule has 0 atom stereocenters. The van der Waals surface area contributed by atoms with Crippen LogP contribution in [0.4, 0.5) is 0 Å². The second-order valence-corrected chi connectivity index (χ2v) is 4.96. The standard InChI is InChI=1S/C15H13N5O2S/c1-22-13-8-10(2-3-12(13)21)9-17-20-14(18-19-15(20)23)11-4-6-16-7-5-11/h2-9,21H,1H3,(H,19,23)/b17-9-. The molecule has 0 bridgehead atoms. The van der Waals surface area contributed by atoms with E-state index in [1.807, 2.05) is 12.1 Å². The monoisotopic (exact) mass is 327 g/mol. The molecule has 0 spiro atoms. The molecular formula is C15H13N5O2S. The molecule has 1 aromatic carbocycles. The van der Waals surface area contributed by atoms with Crippen molar-refractivity contribution in [2.75, 3.05) is 7.11 Å². The van der Waals surface area contributed by atoms with Gasteiger partial charge in [-0.05, 0) is 48.1 Å². The van der Waals surface area contributed by atoms with Crippen molar-refractivity contribution in [3.8, 4) is 22.9 Å². The zero-order chi connectivity index (χ0) is 16.2. The van der Waals surface area contributed by atoms with Crippen LogP contribution in [-0.4, -0.2) is 38.3 Å². The number of aromatic amines is 1. The number of benzene rings is 1. The Balaban J connectivity index is 1.98. The summed E-state index contributed by atoms with van der Waals surface area (Å²) in [4.78, 5) is 3.98. The molecule has 0 fully saturated rings. The maximum absolute atomic E-state index is 9.61. The number of H-pyrrole nitrogens is 1. The zero-order valence-electron chi connectivity index (χ0n) is 12.2. The largest absolute Gasteiger partial charge is 0.504 e. The first kappa shape index (κ1) is 14.9. The lowest BCUT2D eigenvalue weighted by atomic mass is 10.2. The summed E-state index contributed by atoms with van der Waals surface area (Å²) in [6.07, 6.45) is 4.95. The molecule has 0 aliphatic heterocycles. The predicted octanol–water partition coefficient (Wildman–Crippen LogP) is 2.60. The molecule has 0 amide bonds. The third-order valence-corrected chi connectivity index (χ3v) is 3.38. The Hall–Kier alpha value is -3.00. The van der Waals surface area contributed by atoms with E-state index in [1.54, 1.807) is 36.8 Å². The van der Waals surface area contributed by atoms with Gasteiger partial charge < -0.3 is 9.84 Å². The lowest BCUT2D eigenvalue weighted by molar-refractivity contribution is 0.373. The van der Waals surface area contributed by atoms with Gasteiger partial charge in [0.05, 0.1) is 13.3 Å². The van der Waals surface area contributed by atoms with E-state index in [-0.39, 0.29) is 5.75 Å². The number of ether oxygens (including phenoxy) is 1. The van der Waals surface area contributed by atoms with Crippen LogP contribution in [-0.2, 0) is 0 Å². The van der Waals surface area contributed by atoms with Crippen LogP contribution >= 0.6 is 12.2 Å². The molecule has 8 heteroatoms. The van der Waals surface area contributed by atoms with E-state index in [0.717, 1.165) is 11.1 Å². The highest BCUT2D eigenvalue weighted by atomic mass is 32.1. The van der Waals surface area contributed by atoms with E-state index in [2.05, 4.69) is 20.3 Å². The topological polar surface area (TPSA) is 88.3 Å². The molecule has 0 aliphatic rings. The maximum Gasteiger partial charge on any atom is 0.216 e. The van der Waals surface area contributed by atoms with Gasteiger partial charge in [-0.15, -0.1) is 0 Å². The van der Waals surface area contributed by atoms with Crippen molar-refractivity contribution in [1.82, 2.24) is 19.9 Å². The molecule has 7 nitrogen and oxygen atoms in total. The number of nitrogens with one attached hydrogen (secondary N) is 1. The molecule has 2 aromatic heterocycles. The number of pyridine rings is 1. The van der Waals surface area contributed by atoms with Crippen molar-refractivity contribution in [2.24, 2.45) is 5.10 Å². The van der Waals surface area contributed by atoms with Gasteiger partial charge in [-0.2, -0.15) is 14.9 Å². The van der Waals surface area contributed by atoms with Crippen LogP contribution < -0.4 is 4.74 Å². The Kier molecular flexibility index (Phi) is 4.15. The average molecular weight is 327 g/mol. The molecule has 116 valence electrons. The third-order valence-electron chi connectivity index (χ3n) is 3.12. The molecular weight excluding hydrogens is 314 g/mol. The van der Waals surface area contributed by atoms with E-state index in [4.69, 9.17) is 17.0 Å². The van der Waals surface area contributed by atoms with Crippen LogP contribution in [0.3, 0.4) is 0 Å². The smallest absolute Gasteiger partial charge is 0.216 e. The minimum atomic E-state index is 0.0713. The van der Waals surface area contributed by atoms with Gasteiger partial charge in [0, 0.05) is 18.0 Å². The number of aromatic nitrogens is 4. The van der Waals surface area contributed by atoms with E-state index in [9.17, 15) is 5.11 Å². The summed E-state index contributed by atoms with van der Waals surface area (Å²) < 4.78 is 6.97. The van der Waals surface area contributed by atoms with Gasteiger partial charge >= 0.3 is 0 Å². The lowest BCUT2D eigenvalue weighted by Gasteiger charge is -2.04. The van der Waals surface area contributed by atoms with Crippen LogP contribution in [0.15, 0.2) is 47.8 Å². The molecule has 0 radical (unpaired) electrons. The number of hydrogen-bond acceptors (Lipinski definition) is 6. The maximum atomic E-state index is 9.61. The van der Waals surface area contributed by atoms with Crippen molar-refractivity contribution >= 4 is 18.4 Å². The van der Waals surface area contributed by atoms with E-state index >= 15 is 0 Å². The summed E-state index contributed by atoms with van der Waals surface area (Å²) in [5, 5.41) is 20.9. The van der Waals surface area contributed by atoms with Crippen molar-refractivity contribution in [3.05, 3.63) is 53.1 Å². The van der Waals surface area contributed by atoms with E-state index in [0.29, 0.717) is 16.3 Å². The van der Waals surface area contributed by atoms with Crippen LogP contribution in [0.25, 0.3) is 11.4 Å². The predicted molar refractivity (Wildman–Crippen MR) is 88.3 cm³/mol. The first-order valence-corrected chi connectivity index (χ1v) is 7.09. The summed E-state index contributed by atoms with van der Waals surface area (Å²) in [5.74, 6) is 1.03. The van der Waals surface area contributed by atoms with Crippen LogP contribution in [0.1, 0.15) is 5.56 Å². The van der Waals surface area contributed by atoms with Gasteiger partial charge in [0.15, 0.2) is 17.3 Å². The fourth-order valence-corrected chi connectivity index (χ4v) is 2.16. The van der Waals surface area contributed by atoms with Crippen molar-refractivity contribution in [1.29, 1.82) is 0 Å². The highest BCUT2D eigenvalue weighted by Gasteiger charge is 2.07. The molecule has 3 aromatic rings. The Bertz CT molecular complexity index is 902. The number of phenols is 1. The van der Waals surface area contributed by atoms with E-state index < -0.39 is 0 Å². The quantitative estimate of drug-likeness (QED) is 0.568. The Labute approximate surface area is 136 Å². The van der Waals surface area contributed by atoms with Crippen molar-refractivity contribution < 1.29 is 9.84 Å². The van der Waals surface area contributed by atoms with Gasteiger partial charge in [0.1, 0.15) is 0 Å². The summed E-state index contributed by atoms with van der Waals surface area (Å²) in [6, 6.07) is 8.57. The van der Waals surface area contributed by atoms with E-state index in [1.165, 1.54) is 11.8 Å². The molecule has 0 unspecified atom stereocenters. The van der Waals surface area contributed by atoms with Crippen molar-refractivity contribution in [3.63, 3.8) is 0 Å². The van der Waals surface area contributed by atoms with Gasteiger partial charge in [0.25, 0.3) is 0 Å². The molecule has 0 saturated heterocycles. The SMILES string of the molecule is COc1cc(/C=N\n2c(-c3ccncc3)n[nH]c2=S)ccc1O. The zero-order valence-corrected chi connectivity index (χ0v) is 13.0. The number of rotatable bonds is 4. The second-order valence-electron chi connectivity index (χ2n) is 4.58. The summed E-state index contributed by atoms with van der Waals surface area (Å²) in [7, 11) is 1.49. The summed E-state index contributed by atoms with van der Waals surface area (Å²) in [5.41, 5.74) is 1.59. The summed E-state index contributed by atoms with van der Waals surface area (Å²) in [6.45, 7) is 0. The third kappa shape index (κ3) is 3.11. The van der Waals surface area contributed by atoms with Gasteiger partial charge in [-0.25, -0.2) is 5.10 Å². The van der Waals surface area contributed by atoms with Crippen LogP contribution in [0.2, 0.25) is 0 Å². The Morgan fingerprint density at radius 2 is 2.09 bits per heavy atom. The first-order chi connectivity index (χ1) is 11.2. The highest BCUT2D eigenvalue weighted by molar-refractivity contribution is 7.71. The second kappa shape index (κ2) is 6.41. The first-order valence-electron chi connectivity index (χ1n) is 6.68. The van der Waals surface area contributed by atoms with Gasteiger partial charge in [-0.1, -0.05) is 0 Å². The Morgan fingerprint density at radius 3 is 2.83 bits per heavy atom. The number of hydrogen-bond donors (Lipinski definition) is 2. The summed E-state index contributed by atoms with van der Waals surface area (Å²) >= 11 is 5.21. The molecule has 3 rings (SSSR count). The number of nitrogens with zero attached hydrogens (tertiary/aromatic N) is 4. The lowest BCUT2D eigenvalue weighted by Crippen LogP contribution is -1.95. The molecule has 2 N–H and O–H groups in total. The number of phenolic OH excluding ortho intramolecular Hbond substituents is 1. The molecule has 0 saturated carbocycles. The normalized spacial score (nSPS) is 11.0. The van der Waals surface area contributed by atoms with Gasteiger partial charge in [-0.3, -0.25) is 4.98 Å². The number of methoxy groups -OCH3 is 1. The molecule has 2 heterocycles. The minimum absolute atomic E-state index is 0.0713. The van der Waals surface area contributed by atoms with Crippen LogP contribution in [0.5, 0.6) is 11.5 Å². The number of aromatic hydroxyl groups is 1. The molecule has 0 aliphatic carbocycles. The van der Waals surface area contributed by atoms with Crippen LogP contribution in [0, 0.1) is 4.77 Å². The molecule has 23 heavy (non-hydrogen) atoms. The minimum Gasteiger partial charge on any atom is -0.504 e. The highest BCUT2D eigenvalue weighted by Crippen LogP contribution is 2.25. The fourth-order valence-electron chi connectivity index (χ4n) is 1.99.